The first-order valence-corrected chi connectivity index (χ1v) is 10.3. The molecule has 0 spiro atoms. The second-order valence-corrected chi connectivity index (χ2v) is 7.61. The molecule has 166 valence electrons. The highest BCUT2D eigenvalue weighted by Gasteiger charge is 2.35. The fourth-order valence-electron chi connectivity index (χ4n) is 3.83. The number of methoxy groups -OCH3 is 1. The van der Waals surface area contributed by atoms with E-state index in [1.807, 2.05) is 6.07 Å². The molecule has 1 aliphatic heterocycles. The van der Waals surface area contributed by atoms with E-state index >= 15 is 0 Å². The second kappa shape index (κ2) is 9.27. The smallest absolute Gasteiger partial charge is 0.274 e. The molecular weight excluding hydrogens is 415 g/mol. The van der Waals surface area contributed by atoms with Gasteiger partial charge in [-0.3, -0.25) is 14.4 Å². The monoisotopic (exact) mass is 438 g/mol. The van der Waals surface area contributed by atoms with E-state index in [1.54, 1.807) is 25.3 Å². The Bertz CT molecular complexity index is 1210. The van der Waals surface area contributed by atoms with Crippen LogP contribution in [0.25, 0.3) is 10.8 Å². The number of carbonyl (C=O) groups is 2. The standard InChI is InChI=1S/C23H23FN4O4/c1-32-11-10-28-23(31)19-5-3-2-4-18(19)20(26-28)13-25-22(30)15-12-21(29)27(14-15)17-8-6-16(24)7-9-17/h2-9,15H,10-14H2,1H3,(H,25,30). The van der Waals surface area contributed by atoms with Crippen molar-refractivity contribution in [3.05, 3.63) is 70.4 Å². The number of amides is 2. The van der Waals surface area contributed by atoms with E-state index in [1.165, 1.54) is 33.8 Å². The number of anilines is 1. The van der Waals surface area contributed by atoms with Crippen LogP contribution in [0.5, 0.6) is 0 Å². The van der Waals surface area contributed by atoms with Crippen LogP contribution in [0.2, 0.25) is 0 Å². The van der Waals surface area contributed by atoms with Crippen molar-refractivity contribution in [2.75, 3.05) is 25.2 Å². The molecule has 9 heteroatoms. The minimum Gasteiger partial charge on any atom is -0.383 e. The van der Waals surface area contributed by atoms with Gasteiger partial charge >= 0.3 is 0 Å². The van der Waals surface area contributed by atoms with Crippen LogP contribution in [0, 0.1) is 11.7 Å². The van der Waals surface area contributed by atoms with Crippen LogP contribution in [-0.2, 0) is 27.4 Å². The molecule has 0 radical (unpaired) electrons. The van der Waals surface area contributed by atoms with Crippen molar-refractivity contribution in [2.24, 2.45) is 5.92 Å². The lowest BCUT2D eigenvalue weighted by Crippen LogP contribution is -2.34. The molecule has 32 heavy (non-hydrogen) atoms. The van der Waals surface area contributed by atoms with Gasteiger partial charge < -0.3 is 15.0 Å². The van der Waals surface area contributed by atoms with Gasteiger partial charge in [0.2, 0.25) is 11.8 Å². The largest absolute Gasteiger partial charge is 0.383 e. The number of hydrogen-bond acceptors (Lipinski definition) is 5. The predicted octanol–water partition coefficient (Wildman–Crippen LogP) is 1.85. The van der Waals surface area contributed by atoms with E-state index in [-0.39, 0.29) is 42.7 Å². The lowest BCUT2D eigenvalue weighted by molar-refractivity contribution is -0.126. The number of rotatable bonds is 7. The summed E-state index contributed by atoms with van der Waals surface area (Å²) in [4.78, 5) is 39.3. The third kappa shape index (κ3) is 4.38. The maximum Gasteiger partial charge on any atom is 0.274 e. The quantitative estimate of drug-likeness (QED) is 0.608. The molecule has 2 heterocycles. The van der Waals surface area contributed by atoms with Crippen LogP contribution in [-0.4, -0.2) is 41.9 Å². The van der Waals surface area contributed by atoms with Gasteiger partial charge in [0.25, 0.3) is 5.56 Å². The number of aromatic nitrogens is 2. The van der Waals surface area contributed by atoms with Crippen molar-refractivity contribution >= 4 is 28.3 Å². The lowest BCUT2D eigenvalue weighted by atomic mass is 10.1. The number of hydrogen-bond donors (Lipinski definition) is 1. The molecule has 1 atom stereocenters. The van der Waals surface area contributed by atoms with Crippen molar-refractivity contribution < 1.29 is 18.7 Å². The van der Waals surface area contributed by atoms with Crippen LogP contribution >= 0.6 is 0 Å². The SMILES string of the molecule is COCCn1nc(CNC(=O)C2CC(=O)N(c3ccc(F)cc3)C2)c2ccccc2c1=O. The molecule has 2 aromatic carbocycles. The first-order chi connectivity index (χ1) is 15.5. The van der Waals surface area contributed by atoms with Crippen molar-refractivity contribution in [2.45, 2.75) is 19.5 Å². The van der Waals surface area contributed by atoms with Gasteiger partial charge in [-0.15, -0.1) is 0 Å². The lowest BCUT2D eigenvalue weighted by Gasteiger charge is -2.17. The number of nitrogens with one attached hydrogen (secondary N) is 1. The summed E-state index contributed by atoms with van der Waals surface area (Å²) in [5, 5.41) is 8.45. The Morgan fingerprint density at radius 1 is 1.16 bits per heavy atom. The number of nitrogens with zero attached hydrogens (tertiary/aromatic N) is 3. The Morgan fingerprint density at radius 3 is 2.59 bits per heavy atom. The molecule has 1 aromatic heterocycles. The average molecular weight is 438 g/mol. The molecule has 3 aromatic rings. The molecule has 1 saturated heterocycles. The number of ether oxygens (including phenoxy) is 1. The van der Waals surface area contributed by atoms with Crippen LogP contribution in [0.3, 0.4) is 0 Å². The summed E-state index contributed by atoms with van der Waals surface area (Å²) >= 11 is 0. The predicted molar refractivity (Wildman–Crippen MR) is 117 cm³/mol. The van der Waals surface area contributed by atoms with Crippen molar-refractivity contribution in [3.63, 3.8) is 0 Å². The highest BCUT2D eigenvalue weighted by molar-refractivity contribution is 6.00. The van der Waals surface area contributed by atoms with Gasteiger partial charge in [0.15, 0.2) is 0 Å². The maximum atomic E-state index is 13.2. The fourth-order valence-corrected chi connectivity index (χ4v) is 3.83. The zero-order valence-corrected chi connectivity index (χ0v) is 17.6. The molecule has 1 fully saturated rings. The van der Waals surface area contributed by atoms with Crippen LogP contribution < -0.4 is 15.8 Å². The summed E-state index contributed by atoms with van der Waals surface area (Å²) in [5.41, 5.74) is 0.901. The van der Waals surface area contributed by atoms with Gasteiger partial charge in [0, 0.05) is 31.1 Å². The molecule has 1 N–H and O–H groups in total. The first kappa shape index (κ1) is 21.6. The van der Waals surface area contributed by atoms with Gasteiger partial charge in [-0.05, 0) is 30.3 Å². The molecule has 0 saturated carbocycles. The minimum atomic E-state index is -0.529. The summed E-state index contributed by atoms with van der Waals surface area (Å²) in [6, 6.07) is 12.7. The van der Waals surface area contributed by atoms with Crippen LogP contribution in [0.4, 0.5) is 10.1 Å². The van der Waals surface area contributed by atoms with E-state index in [9.17, 15) is 18.8 Å². The maximum absolute atomic E-state index is 13.2. The Balaban J connectivity index is 1.49. The highest BCUT2D eigenvalue weighted by Crippen LogP contribution is 2.25. The van der Waals surface area contributed by atoms with E-state index in [0.717, 1.165) is 0 Å². The number of carbonyl (C=O) groups excluding carboxylic acids is 2. The Morgan fingerprint density at radius 2 is 1.88 bits per heavy atom. The Kier molecular flexibility index (Phi) is 6.27. The van der Waals surface area contributed by atoms with Gasteiger partial charge in [-0.25, -0.2) is 9.07 Å². The van der Waals surface area contributed by atoms with Crippen molar-refractivity contribution in [1.29, 1.82) is 0 Å². The summed E-state index contributed by atoms with van der Waals surface area (Å²) in [6.45, 7) is 0.969. The second-order valence-electron chi connectivity index (χ2n) is 7.61. The molecule has 0 bridgehead atoms. The molecule has 2 amide bonds. The molecule has 0 aliphatic carbocycles. The Hall–Kier alpha value is -3.59. The minimum absolute atomic E-state index is 0.0741. The van der Waals surface area contributed by atoms with Crippen molar-refractivity contribution in [3.8, 4) is 0 Å². The van der Waals surface area contributed by atoms with E-state index in [4.69, 9.17) is 4.74 Å². The van der Waals surface area contributed by atoms with Crippen LogP contribution in [0.15, 0.2) is 53.3 Å². The third-order valence-corrected chi connectivity index (χ3v) is 5.52. The van der Waals surface area contributed by atoms with E-state index in [2.05, 4.69) is 10.4 Å². The number of halogens is 1. The van der Waals surface area contributed by atoms with Crippen LogP contribution in [0.1, 0.15) is 12.1 Å². The third-order valence-electron chi connectivity index (χ3n) is 5.52. The Labute approximate surface area is 183 Å². The number of benzene rings is 2. The molecule has 4 rings (SSSR count). The zero-order valence-electron chi connectivity index (χ0n) is 17.6. The fraction of sp³-hybridized carbons (Fsp3) is 0.304. The number of fused-ring (bicyclic) bond motifs is 1. The van der Waals surface area contributed by atoms with E-state index in [0.29, 0.717) is 35.3 Å². The summed E-state index contributed by atoms with van der Waals surface area (Å²) < 4.78 is 19.6. The van der Waals surface area contributed by atoms with E-state index < -0.39 is 5.92 Å². The van der Waals surface area contributed by atoms with Crippen molar-refractivity contribution in [1.82, 2.24) is 15.1 Å². The summed E-state index contributed by atoms with van der Waals surface area (Å²) in [5.74, 6) is -1.38. The summed E-state index contributed by atoms with van der Waals surface area (Å²) in [6.07, 6.45) is 0.0741. The topological polar surface area (TPSA) is 93.5 Å². The molecule has 1 unspecified atom stereocenters. The highest BCUT2D eigenvalue weighted by atomic mass is 19.1. The normalized spacial score (nSPS) is 16.0. The summed E-state index contributed by atoms with van der Waals surface area (Å²) in [7, 11) is 1.55. The average Bonchev–Trinajstić information content (AvgIpc) is 3.20. The van der Waals surface area contributed by atoms with Gasteiger partial charge in [-0.1, -0.05) is 18.2 Å². The van der Waals surface area contributed by atoms with Gasteiger partial charge in [0.05, 0.1) is 36.7 Å². The molecular formula is C23H23FN4O4. The first-order valence-electron chi connectivity index (χ1n) is 10.3. The zero-order chi connectivity index (χ0) is 22.7. The molecule has 1 aliphatic rings. The molecule has 8 nitrogen and oxygen atoms in total. The van der Waals surface area contributed by atoms with Gasteiger partial charge in [0.1, 0.15) is 5.82 Å². The van der Waals surface area contributed by atoms with Gasteiger partial charge in [-0.2, -0.15) is 5.10 Å².